The minimum absolute atomic E-state index is 0.155. The number of ether oxygens (including phenoxy) is 1. The van der Waals surface area contributed by atoms with Crippen LogP contribution in [0.3, 0.4) is 0 Å². The zero-order valence-electron chi connectivity index (χ0n) is 21.0. The zero-order chi connectivity index (χ0) is 25.1. The molecule has 0 amide bonds. The summed E-state index contributed by atoms with van der Waals surface area (Å²) < 4.78 is 6.11. The molecule has 1 aromatic rings. The molecule has 0 radical (unpaired) electrons. The molecule has 1 aromatic carbocycles. The van der Waals surface area contributed by atoms with Crippen LogP contribution in [-0.4, -0.2) is 51.0 Å². The number of benzene rings is 1. The molecule has 4 aliphatic carbocycles. The Labute approximate surface area is 201 Å². The molecule has 0 spiro atoms. The van der Waals surface area contributed by atoms with Gasteiger partial charge in [0.15, 0.2) is 11.4 Å². The third-order valence-electron chi connectivity index (χ3n) is 11.4. The van der Waals surface area contributed by atoms with E-state index in [4.69, 9.17) is 4.74 Å². The van der Waals surface area contributed by atoms with Crippen LogP contribution in [-0.2, 0) is 9.53 Å². The fourth-order valence-electron chi connectivity index (χ4n) is 8.67. The summed E-state index contributed by atoms with van der Waals surface area (Å²) >= 11 is 0. The van der Waals surface area contributed by atoms with Gasteiger partial charge in [-0.15, -0.1) is 0 Å². The highest BCUT2D eigenvalue weighted by Crippen LogP contribution is 2.78. The quantitative estimate of drug-likeness (QED) is 0.573. The molecule has 186 valence electrons. The van der Waals surface area contributed by atoms with Crippen LogP contribution in [0.25, 0.3) is 0 Å². The van der Waals surface area contributed by atoms with Gasteiger partial charge in [-0.1, -0.05) is 59.7 Å². The van der Waals surface area contributed by atoms with Crippen molar-refractivity contribution >= 4 is 11.8 Å². The normalized spacial score (nSPS) is 51.0. The molecular formula is C28H38O6. The van der Waals surface area contributed by atoms with Crippen LogP contribution >= 0.6 is 0 Å². The Bertz CT molecular complexity index is 1040. The van der Waals surface area contributed by atoms with Crippen LogP contribution in [0.4, 0.5) is 0 Å². The van der Waals surface area contributed by atoms with Gasteiger partial charge in [-0.2, -0.15) is 0 Å². The Hall–Kier alpha value is -1.76. The second kappa shape index (κ2) is 6.92. The van der Waals surface area contributed by atoms with Crippen LogP contribution in [0, 0.1) is 39.4 Å². The van der Waals surface area contributed by atoms with Crippen LogP contribution in [0.1, 0.15) is 71.2 Å². The van der Waals surface area contributed by atoms with Crippen molar-refractivity contribution < 1.29 is 29.6 Å². The number of rotatable bonds is 2. The fraction of sp³-hybridized carbons (Fsp3) is 0.714. The summed E-state index contributed by atoms with van der Waals surface area (Å²) in [5.41, 5.74) is -3.97. The summed E-state index contributed by atoms with van der Waals surface area (Å²) in [4.78, 5) is 28.0. The van der Waals surface area contributed by atoms with Gasteiger partial charge < -0.3 is 20.1 Å². The molecule has 6 heteroatoms. The number of ketones is 1. The maximum Gasteiger partial charge on any atom is 0.339 e. The summed E-state index contributed by atoms with van der Waals surface area (Å²) in [5, 5.41) is 34.4. The highest BCUT2D eigenvalue weighted by atomic mass is 16.6. The molecule has 6 nitrogen and oxygen atoms in total. The Balaban J connectivity index is 1.66. The number of Topliss-reactive ketones (excluding diaryl/α,β-unsaturated/α-hetero) is 1. The van der Waals surface area contributed by atoms with E-state index in [9.17, 15) is 24.9 Å². The van der Waals surface area contributed by atoms with E-state index in [0.29, 0.717) is 12.0 Å². The smallest absolute Gasteiger partial charge is 0.339 e. The molecule has 0 aromatic heterocycles. The number of fused-ring (bicyclic) bond motifs is 4. The van der Waals surface area contributed by atoms with Gasteiger partial charge in [-0.25, -0.2) is 4.79 Å². The molecule has 0 unspecified atom stereocenters. The number of aliphatic hydroxyl groups excluding tert-OH is 3. The van der Waals surface area contributed by atoms with Crippen molar-refractivity contribution in [1.29, 1.82) is 0 Å². The first kappa shape index (κ1) is 24.0. The van der Waals surface area contributed by atoms with Crippen LogP contribution in [0.5, 0.6) is 0 Å². The summed E-state index contributed by atoms with van der Waals surface area (Å²) in [6.07, 6.45) is -1.23. The van der Waals surface area contributed by atoms with Crippen LogP contribution in [0.15, 0.2) is 30.3 Å². The Morgan fingerprint density at radius 3 is 2.15 bits per heavy atom. The molecule has 4 saturated carbocycles. The third-order valence-corrected chi connectivity index (χ3v) is 11.4. The molecule has 0 heterocycles. The minimum atomic E-state index is -1.64. The van der Waals surface area contributed by atoms with Crippen molar-refractivity contribution in [3.8, 4) is 0 Å². The number of esters is 1. The van der Waals surface area contributed by atoms with Gasteiger partial charge in [-0.05, 0) is 48.1 Å². The molecule has 4 aliphatic rings. The van der Waals surface area contributed by atoms with E-state index in [1.54, 1.807) is 30.3 Å². The molecule has 0 aliphatic heterocycles. The van der Waals surface area contributed by atoms with Crippen molar-refractivity contribution in [2.75, 3.05) is 0 Å². The van der Waals surface area contributed by atoms with E-state index in [0.717, 1.165) is 6.42 Å². The molecule has 5 rings (SSSR count). The maximum atomic E-state index is 14.8. The largest absolute Gasteiger partial charge is 0.447 e. The lowest BCUT2D eigenvalue weighted by Crippen LogP contribution is -2.81. The van der Waals surface area contributed by atoms with E-state index >= 15 is 0 Å². The molecule has 3 N–H and O–H groups in total. The van der Waals surface area contributed by atoms with E-state index < -0.39 is 46.6 Å². The van der Waals surface area contributed by atoms with E-state index in [-0.39, 0.29) is 34.9 Å². The zero-order valence-corrected chi connectivity index (χ0v) is 21.0. The van der Waals surface area contributed by atoms with Crippen LogP contribution < -0.4 is 0 Å². The lowest BCUT2D eigenvalue weighted by molar-refractivity contribution is -0.328. The highest BCUT2D eigenvalue weighted by molar-refractivity contribution is 6.00. The van der Waals surface area contributed by atoms with Gasteiger partial charge in [0.1, 0.15) is 0 Å². The van der Waals surface area contributed by atoms with E-state index in [1.165, 1.54) is 0 Å². The van der Waals surface area contributed by atoms with Gasteiger partial charge in [0.05, 0.1) is 29.8 Å². The first-order chi connectivity index (χ1) is 15.7. The molecule has 0 saturated heterocycles. The monoisotopic (exact) mass is 470 g/mol. The summed E-state index contributed by atoms with van der Waals surface area (Å²) in [5.74, 6) is -2.50. The summed E-state index contributed by atoms with van der Waals surface area (Å²) in [6.45, 7) is 11.8. The van der Waals surface area contributed by atoms with Crippen molar-refractivity contribution in [2.24, 2.45) is 39.4 Å². The van der Waals surface area contributed by atoms with Crippen molar-refractivity contribution in [3.05, 3.63) is 35.9 Å². The molecule has 10 atom stereocenters. The van der Waals surface area contributed by atoms with Crippen molar-refractivity contribution in [2.45, 2.75) is 84.7 Å². The lowest BCUT2D eigenvalue weighted by atomic mass is 9.28. The first-order valence-corrected chi connectivity index (χ1v) is 12.6. The average Bonchev–Trinajstić information content (AvgIpc) is 3.05. The number of hydrogen-bond donors (Lipinski definition) is 3. The van der Waals surface area contributed by atoms with Gasteiger partial charge in [0.25, 0.3) is 0 Å². The van der Waals surface area contributed by atoms with Gasteiger partial charge in [0.2, 0.25) is 0 Å². The van der Waals surface area contributed by atoms with E-state index in [2.05, 4.69) is 6.92 Å². The second-order valence-corrected chi connectivity index (χ2v) is 12.8. The number of carbonyl (C=O) groups excluding carboxylic acids is 2. The van der Waals surface area contributed by atoms with E-state index in [1.807, 2.05) is 34.6 Å². The van der Waals surface area contributed by atoms with Gasteiger partial charge >= 0.3 is 5.97 Å². The topological polar surface area (TPSA) is 104 Å². The Kier molecular flexibility index (Phi) is 4.88. The Morgan fingerprint density at radius 2 is 1.53 bits per heavy atom. The number of aliphatic hydroxyl groups is 3. The minimum Gasteiger partial charge on any atom is -0.447 e. The predicted molar refractivity (Wildman–Crippen MR) is 126 cm³/mol. The van der Waals surface area contributed by atoms with Crippen LogP contribution in [0.2, 0.25) is 0 Å². The first-order valence-electron chi connectivity index (χ1n) is 12.6. The SMILES string of the molecule is C[C@H]1C[C@]2(OC(=O)c3ccccc3)C(=O)[C@@]3(C)[C@@H]4[C@@H](O)C(C)(C)[C@@]4(C)CC[C@@]3(C)[C@H](O)[C@H]2[C@H]1O. The van der Waals surface area contributed by atoms with Gasteiger partial charge in [-0.3, -0.25) is 4.79 Å². The number of carbonyl (C=O) groups is 2. The lowest BCUT2D eigenvalue weighted by Gasteiger charge is -2.77. The molecule has 4 fully saturated rings. The van der Waals surface area contributed by atoms with Gasteiger partial charge in [0, 0.05) is 16.7 Å². The fourth-order valence-corrected chi connectivity index (χ4v) is 8.67. The average molecular weight is 471 g/mol. The number of hydrogen-bond acceptors (Lipinski definition) is 6. The third kappa shape index (κ3) is 2.43. The van der Waals surface area contributed by atoms with Crippen molar-refractivity contribution in [1.82, 2.24) is 0 Å². The highest BCUT2D eigenvalue weighted by Gasteiger charge is 2.83. The molecular weight excluding hydrogens is 432 g/mol. The summed E-state index contributed by atoms with van der Waals surface area (Å²) in [7, 11) is 0. The maximum absolute atomic E-state index is 14.8. The van der Waals surface area contributed by atoms with Crippen molar-refractivity contribution in [3.63, 3.8) is 0 Å². The Morgan fingerprint density at radius 1 is 0.941 bits per heavy atom. The predicted octanol–water partition coefficient (Wildman–Crippen LogP) is 3.37. The molecule has 34 heavy (non-hydrogen) atoms. The second-order valence-electron chi connectivity index (χ2n) is 12.8. The standard InChI is InChI=1S/C28H38O6/c1-15-14-28(34-22(32)16-10-8-7-9-11-16)17(18(15)29)20(30)26(5)13-12-25(4)19(21(31)24(25,2)3)27(26,6)23(28)33/h7-11,15,17-21,29-31H,12-14H2,1-6H3/t15-,17+,18-,19+,20+,21+,25-,26-,27+,28+/m0/s1. The molecule has 0 bridgehead atoms. The summed E-state index contributed by atoms with van der Waals surface area (Å²) in [6, 6.07) is 8.52.